The Morgan fingerprint density at radius 3 is 2.25 bits per heavy atom. The van der Waals surface area contributed by atoms with Crippen molar-refractivity contribution in [2.45, 2.75) is 32.0 Å². The Bertz CT molecular complexity index is 118. The van der Waals surface area contributed by atoms with Crippen LogP contribution in [0.2, 0.25) is 19.1 Å². The number of carbonyl (C=O) groups excluding carboxylic acids is 1. The van der Waals surface area contributed by atoms with Crippen LogP contribution in [-0.4, -0.2) is 13.5 Å². The van der Waals surface area contributed by atoms with Gasteiger partial charge >= 0.3 is 0 Å². The smallest absolute Gasteiger partial charge is 0.126 e. The summed E-state index contributed by atoms with van der Waals surface area (Å²) in [4.78, 5) is 11.0. The van der Waals surface area contributed by atoms with Crippen molar-refractivity contribution in [2.24, 2.45) is 0 Å². The second-order valence-corrected chi connectivity index (χ2v) is 7.99. The lowest BCUT2D eigenvalue weighted by molar-refractivity contribution is -0.112. The molecule has 0 aromatic rings. The van der Waals surface area contributed by atoms with Gasteiger partial charge in [-0.3, -0.25) is 0 Å². The standard InChI is InChI=1S/C6H12OSi/c1-8(2)5-3-4-6(8)7/h3-5H2,1-2H3. The molecule has 1 aliphatic rings. The van der Waals surface area contributed by atoms with Crippen molar-refractivity contribution in [2.75, 3.05) is 0 Å². The van der Waals surface area contributed by atoms with Crippen LogP contribution in [0.1, 0.15) is 12.8 Å². The molecule has 1 heterocycles. The monoisotopic (exact) mass is 128 g/mol. The molecule has 0 aliphatic carbocycles. The first-order valence-corrected chi connectivity index (χ1v) is 6.37. The van der Waals surface area contributed by atoms with Crippen LogP contribution in [-0.2, 0) is 4.79 Å². The lowest BCUT2D eigenvalue weighted by Gasteiger charge is -2.08. The molecule has 1 rings (SSSR count). The molecule has 0 atom stereocenters. The van der Waals surface area contributed by atoms with E-state index in [0.29, 0.717) is 5.41 Å². The Morgan fingerprint density at radius 2 is 2.12 bits per heavy atom. The van der Waals surface area contributed by atoms with Gasteiger partial charge in [-0.15, -0.1) is 0 Å². The fourth-order valence-electron chi connectivity index (χ4n) is 1.17. The molecule has 8 heavy (non-hydrogen) atoms. The Hall–Kier alpha value is -0.113. The minimum atomic E-state index is -1.28. The molecule has 1 fully saturated rings. The van der Waals surface area contributed by atoms with E-state index in [9.17, 15) is 4.79 Å². The summed E-state index contributed by atoms with van der Waals surface area (Å²) in [5.74, 6) is 0. The quantitative estimate of drug-likeness (QED) is 0.453. The van der Waals surface area contributed by atoms with Crippen molar-refractivity contribution in [3.05, 3.63) is 0 Å². The van der Waals surface area contributed by atoms with Gasteiger partial charge in [0, 0.05) is 6.42 Å². The lowest BCUT2D eigenvalue weighted by atomic mass is 10.4. The van der Waals surface area contributed by atoms with Gasteiger partial charge in [0.2, 0.25) is 0 Å². The third-order valence-electron chi connectivity index (χ3n) is 1.96. The first-order chi connectivity index (χ1) is 3.63. The van der Waals surface area contributed by atoms with Crippen LogP contribution in [0.4, 0.5) is 0 Å². The average Bonchev–Trinajstić information content (AvgIpc) is 1.86. The Balaban J connectivity index is 2.68. The predicted molar refractivity (Wildman–Crippen MR) is 36.5 cm³/mol. The van der Waals surface area contributed by atoms with Gasteiger partial charge in [0.05, 0.1) is 0 Å². The molecular weight excluding hydrogens is 116 g/mol. The summed E-state index contributed by atoms with van der Waals surface area (Å²) in [6, 6.07) is 1.23. The van der Waals surface area contributed by atoms with E-state index in [0.717, 1.165) is 12.8 Å². The van der Waals surface area contributed by atoms with Gasteiger partial charge in [-0.2, -0.15) is 0 Å². The van der Waals surface area contributed by atoms with E-state index in [1.807, 2.05) is 0 Å². The SMILES string of the molecule is C[Si]1(C)CCCC1=O. The van der Waals surface area contributed by atoms with Crippen molar-refractivity contribution >= 4 is 13.5 Å². The van der Waals surface area contributed by atoms with Gasteiger partial charge in [0.1, 0.15) is 13.5 Å². The van der Waals surface area contributed by atoms with Crippen LogP contribution in [0.3, 0.4) is 0 Å². The van der Waals surface area contributed by atoms with Crippen molar-refractivity contribution in [3.8, 4) is 0 Å². The molecular formula is C6H12OSi. The minimum Gasteiger partial charge on any atom is -0.305 e. The van der Waals surface area contributed by atoms with Crippen LogP contribution >= 0.6 is 0 Å². The molecule has 0 aromatic carbocycles. The normalized spacial score (nSPS) is 26.5. The maximum absolute atomic E-state index is 11.0. The molecule has 0 N–H and O–H groups in total. The van der Waals surface area contributed by atoms with Crippen molar-refractivity contribution < 1.29 is 4.79 Å². The predicted octanol–water partition coefficient (Wildman–Crippen LogP) is 1.60. The topological polar surface area (TPSA) is 17.1 Å². The fraction of sp³-hybridized carbons (Fsp3) is 0.833. The van der Waals surface area contributed by atoms with Crippen molar-refractivity contribution in [1.82, 2.24) is 0 Å². The largest absolute Gasteiger partial charge is 0.305 e. The molecule has 1 saturated heterocycles. The molecule has 0 radical (unpaired) electrons. The van der Waals surface area contributed by atoms with Crippen LogP contribution in [0, 0.1) is 0 Å². The molecule has 2 heteroatoms. The fourth-order valence-corrected chi connectivity index (χ4v) is 3.36. The van der Waals surface area contributed by atoms with E-state index < -0.39 is 8.07 Å². The van der Waals surface area contributed by atoms with Gasteiger partial charge < -0.3 is 4.79 Å². The highest BCUT2D eigenvalue weighted by Gasteiger charge is 2.34. The minimum absolute atomic E-state index is 0.581. The number of hydrogen-bond donors (Lipinski definition) is 0. The summed E-state index contributed by atoms with van der Waals surface area (Å²) < 4.78 is 0. The summed E-state index contributed by atoms with van der Waals surface area (Å²) in [6.07, 6.45) is 2.04. The van der Waals surface area contributed by atoms with Gasteiger partial charge in [-0.05, 0) is 6.42 Å². The van der Waals surface area contributed by atoms with Crippen LogP contribution < -0.4 is 0 Å². The third-order valence-corrected chi connectivity index (χ3v) is 5.32. The van der Waals surface area contributed by atoms with Crippen LogP contribution in [0.5, 0.6) is 0 Å². The highest BCUT2D eigenvalue weighted by atomic mass is 28.3. The van der Waals surface area contributed by atoms with Crippen molar-refractivity contribution in [1.29, 1.82) is 0 Å². The zero-order valence-electron chi connectivity index (χ0n) is 5.53. The summed E-state index contributed by atoms with van der Waals surface area (Å²) >= 11 is 0. The summed E-state index contributed by atoms with van der Waals surface area (Å²) in [5.41, 5.74) is 0. The second kappa shape index (κ2) is 1.69. The maximum Gasteiger partial charge on any atom is 0.126 e. The van der Waals surface area contributed by atoms with E-state index in [2.05, 4.69) is 13.1 Å². The van der Waals surface area contributed by atoms with E-state index in [4.69, 9.17) is 0 Å². The highest BCUT2D eigenvalue weighted by molar-refractivity contribution is 7.05. The van der Waals surface area contributed by atoms with E-state index in [-0.39, 0.29) is 0 Å². The zero-order chi connectivity index (χ0) is 6.20. The summed E-state index contributed by atoms with van der Waals surface area (Å²) in [6.45, 7) is 4.34. The Labute approximate surface area is 51.1 Å². The van der Waals surface area contributed by atoms with Gasteiger partial charge in [-0.25, -0.2) is 0 Å². The van der Waals surface area contributed by atoms with E-state index in [1.165, 1.54) is 6.04 Å². The summed E-state index contributed by atoms with van der Waals surface area (Å²) in [7, 11) is -1.28. The molecule has 0 aromatic heterocycles. The third kappa shape index (κ3) is 0.847. The average molecular weight is 128 g/mol. The number of carbonyl (C=O) groups is 1. The van der Waals surface area contributed by atoms with Gasteiger partial charge in [0.15, 0.2) is 0 Å². The number of hydrogen-bond acceptors (Lipinski definition) is 1. The molecule has 0 amide bonds. The van der Waals surface area contributed by atoms with Gasteiger partial charge in [0.25, 0.3) is 0 Å². The molecule has 1 nitrogen and oxygen atoms in total. The molecule has 0 spiro atoms. The highest BCUT2D eigenvalue weighted by Crippen LogP contribution is 2.24. The first-order valence-electron chi connectivity index (χ1n) is 3.16. The first kappa shape index (κ1) is 6.01. The molecule has 0 saturated carbocycles. The Morgan fingerprint density at radius 1 is 1.50 bits per heavy atom. The van der Waals surface area contributed by atoms with Gasteiger partial charge in [-0.1, -0.05) is 19.1 Å². The molecule has 46 valence electrons. The summed E-state index contributed by atoms with van der Waals surface area (Å²) in [5, 5.41) is 0.581. The molecule has 1 aliphatic heterocycles. The zero-order valence-corrected chi connectivity index (χ0v) is 6.53. The lowest BCUT2D eigenvalue weighted by Crippen LogP contribution is -2.30. The van der Waals surface area contributed by atoms with Crippen LogP contribution in [0.25, 0.3) is 0 Å². The second-order valence-electron chi connectivity index (χ2n) is 3.16. The molecule has 0 bridgehead atoms. The van der Waals surface area contributed by atoms with Crippen molar-refractivity contribution in [3.63, 3.8) is 0 Å². The van der Waals surface area contributed by atoms with Crippen LogP contribution in [0.15, 0.2) is 0 Å². The van der Waals surface area contributed by atoms with E-state index >= 15 is 0 Å². The van der Waals surface area contributed by atoms with E-state index in [1.54, 1.807) is 0 Å². The molecule has 0 unspecified atom stereocenters. The maximum atomic E-state index is 11.0. The number of rotatable bonds is 0. The Kier molecular flexibility index (Phi) is 1.27.